The standard InChI is InChI=1S/C13H16BrN3O2S/c1-3-6-17-12(18)15-16-13(17)20-8-9-4-5-11(19-2)10(14)7-9/h4-5,7H,3,6,8H2,1-2H3,(H,15,18). The quantitative estimate of drug-likeness (QED) is 0.807. The van der Waals surface area contributed by atoms with Gasteiger partial charge in [0.2, 0.25) is 0 Å². The fourth-order valence-electron chi connectivity index (χ4n) is 1.78. The predicted octanol–water partition coefficient (Wildman–Crippen LogP) is 3.04. The van der Waals surface area contributed by atoms with Gasteiger partial charge in [0.1, 0.15) is 5.75 Å². The van der Waals surface area contributed by atoms with Gasteiger partial charge in [0.15, 0.2) is 5.16 Å². The highest BCUT2D eigenvalue weighted by molar-refractivity contribution is 9.10. The lowest BCUT2D eigenvalue weighted by Crippen LogP contribution is -2.17. The van der Waals surface area contributed by atoms with Crippen molar-refractivity contribution in [3.05, 3.63) is 38.7 Å². The van der Waals surface area contributed by atoms with Crippen LogP contribution in [0.1, 0.15) is 18.9 Å². The topological polar surface area (TPSA) is 59.9 Å². The summed E-state index contributed by atoms with van der Waals surface area (Å²) >= 11 is 5.01. The second-order valence-corrected chi connectivity index (χ2v) is 6.02. The van der Waals surface area contributed by atoms with Crippen LogP contribution >= 0.6 is 27.7 Å². The maximum absolute atomic E-state index is 11.6. The van der Waals surface area contributed by atoms with Gasteiger partial charge in [-0.25, -0.2) is 9.89 Å². The number of ether oxygens (including phenoxy) is 1. The molecule has 0 saturated heterocycles. The van der Waals surface area contributed by atoms with Crippen LogP contribution in [0.2, 0.25) is 0 Å². The van der Waals surface area contributed by atoms with Gasteiger partial charge in [-0.15, -0.1) is 5.10 Å². The molecule has 0 amide bonds. The van der Waals surface area contributed by atoms with Crippen LogP contribution in [0.15, 0.2) is 32.6 Å². The minimum Gasteiger partial charge on any atom is -0.496 e. The van der Waals surface area contributed by atoms with Gasteiger partial charge < -0.3 is 4.74 Å². The third-order valence-corrected chi connectivity index (χ3v) is 4.42. The number of methoxy groups -OCH3 is 1. The summed E-state index contributed by atoms with van der Waals surface area (Å²) in [5.41, 5.74) is 0.992. The average molecular weight is 358 g/mol. The minimum atomic E-state index is -0.148. The largest absolute Gasteiger partial charge is 0.496 e. The average Bonchev–Trinajstić information content (AvgIpc) is 2.78. The molecule has 0 atom stereocenters. The Labute approximate surface area is 129 Å². The van der Waals surface area contributed by atoms with Crippen molar-refractivity contribution in [2.45, 2.75) is 30.8 Å². The molecule has 1 heterocycles. The van der Waals surface area contributed by atoms with E-state index in [0.717, 1.165) is 33.1 Å². The fraction of sp³-hybridized carbons (Fsp3) is 0.385. The number of aromatic amines is 1. The van der Waals surface area contributed by atoms with Gasteiger partial charge >= 0.3 is 5.69 Å². The molecule has 1 N–H and O–H groups in total. The number of rotatable bonds is 6. The van der Waals surface area contributed by atoms with Gasteiger partial charge in [-0.2, -0.15) is 0 Å². The van der Waals surface area contributed by atoms with Crippen molar-refractivity contribution in [3.63, 3.8) is 0 Å². The lowest BCUT2D eigenvalue weighted by molar-refractivity contribution is 0.412. The fourth-order valence-corrected chi connectivity index (χ4v) is 3.29. The molecule has 20 heavy (non-hydrogen) atoms. The van der Waals surface area contributed by atoms with Crippen LogP contribution in [-0.2, 0) is 12.3 Å². The Bertz CT molecular complexity index is 639. The van der Waals surface area contributed by atoms with Gasteiger partial charge in [-0.05, 0) is 40.0 Å². The molecule has 7 heteroatoms. The van der Waals surface area contributed by atoms with Crippen LogP contribution in [0.4, 0.5) is 0 Å². The van der Waals surface area contributed by atoms with E-state index in [2.05, 4.69) is 26.1 Å². The van der Waals surface area contributed by atoms with Crippen LogP contribution in [0.3, 0.4) is 0 Å². The molecule has 0 radical (unpaired) electrons. The zero-order valence-corrected chi connectivity index (χ0v) is 13.8. The molecule has 2 aromatic rings. The van der Waals surface area contributed by atoms with E-state index in [-0.39, 0.29) is 5.69 Å². The zero-order valence-electron chi connectivity index (χ0n) is 11.4. The summed E-state index contributed by atoms with van der Waals surface area (Å²) in [5.74, 6) is 1.55. The summed E-state index contributed by atoms with van der Waals surface area (Å²) in [5, 5.41) is 7.28. The number of nitrogens with zero attached hydrogens (tertiary/aromatic N) is 2. The van der Waals surface area contributed by atoms with Gasteiger partial charge in [0, 0.05) is 12.3 Å². The first kappa shape index (κ1) is 15.2. The van der Waals surface area contributed by atoms with Crippen LogP contribution in [0, 0.1) is 0 Å². The van der Waals surface area contributed by atoms with E-state index in [1.165, 1.54) is 0 Å². The Morgan fingerprint density at radius 2 is 2.30 bits per heavy atom. The van der Waals surface area contributed by atoms with Crippen molar-refractivity contribution in [2.24, 2.45) is 0 Å². The number of hydrogen-bond donors (Lipinski definition) is 1. The molecule has 0 aliphatic carbocycles. The molecule has 5 nitrogen and oxygen atoms in total. The lowest BCUT2D eigenvalue weighted by Gasteiger charge is -2.06. The Kier molecular flexibility index (Phi) is 5.31. The van der Waals surface area contributed by atoms with E-state index in [1.54, 1.807) is 23.4 Å². The highest BCUT2D eigenvalue weighted by Crippen LogP contribution is 2.28. The number of benzene rings is 1. The number of thioether (sulfide) groups is 1. The van der Waals surface area contributed by atoms with Gasteiger partial charge in [0.25, 0.3) is 0 Å². The molecule has 0 aliphatic rings. The molecule has 0 unspecified atom stereocenters. The Morgan fingerprint density at radius 3 is 2.95 bits per heavy atom. The molecule has 0 fully saturated rings. The molecule has 0 bridgehead atoms. The van der Waals surface area contributed by atoms with Crippen LogP contribution < -0.4 is 10.4 Å². The van der Waals surface area contributed by atoms with E-state index in [9.17, 15) is 4.79 Å². The second-order valence-electron chi connectivity index (χ2n) is 4.22. The molecule has 2 rings (SSSR count). The van der Waals surface area contributed by atoms with E-state index in [1.807, 2.05) is 25.1 Å². The molecular weight excluding hydrogens is 342 g/mol. The molecule has 0 saturated carbocycles. The van der Waals surface area contributed by atoms with Crippen molar-refractivity contribution in [2.75, 3.05) is 7.11 Å². The SMILES string of the molecule is CCCn1c(SCc2ccc(OC)c(Br)c2)n[nH]c1=O. The van der Waals surface area contributed by atoms with E-state index < -0.39 is 0 Å². The van der Waals surface area contributed by atoms with Crippen LogP contribution in [0.25, 0.3) is 0 Å². The van der Waals surface area contributed by atoms with Crippen LogP contribution in [0.5, 0.6) is 5.75 Å². The first-order valence-corrected chi connectivity index (χ1v) is 8.04. The summed E-state index contributed by atoms with van der Waals surface area (Å²) in [6.07, 6.45) is 0.904. The van der Waals surface area contributed by atoms with E-state index in [4.69, 9.17) is 4.74 Å². The highest BCUT2D eigenvalue weighted by Gasteiger charge is 2.09. The number of aromatic nitrogens is 3. The van der Waals surface area contributed by atoms with Crippen molar-refractivity contribution in [1.82, 2.24) is 14.8 Å². The van der Waals surface area contributed by atoms with Gasteiger partial charge in [0.05, 0.1) is 11.6 Å². The first-order chi connectivity index (χ1) is 9.65. The van der Waals surface area contributed by atoms with Crippen molar-refractivity contribution >= 4 is 27.7 Å². The maximum Gasteiger partial charge on any atom is 0.343 e. The summed E-state index contributed by atoms with van der Waals surface area (Å²) in [7, 11) is 1.64. The predicted molar refractivity (Wildman–Crippen MR) is 83.4 cm³/mol. The third-order valence-electron chi connectivity index (χ3n) is 2.75. The van der Waals surface area contributed by atoms with E-state index >= 15 is 0 Å². The molecule has 0 spiro atoms. The first-order valence-electron chi connectivity index (χ1n) is 6.26. The number of nitrogens with one attached hydrogen (secondary N) is 1. The molecule has 1 aromatic heterocycles. The Hall–Kier alpha value is -1.21. The molecular formula is C13H16BrN3O2S. The van der Waals surface area contributed by atoms with Crippen molar-refractivity contribution in [1.29, 1.82) is 0 Å². The Morgan fingerprint density at radius 1 is 1.50 bits per heavy atom. The van der Waals surface area contributed by atoms with Gasteiger partial charge in [-0.3, -0.25) is 4.57 Å². The lowest BCUT2D eigenvalue weighted by atomic mass is 10.2. The number of H-pyrrole nitrogens is 1. The van der Waals surface area contributed by atoms with Gasteiger partial charge in [-0.1, -0.05) is 24.8 Å². The maximum atomic E-state index is 11.6. The monoisotopic (exact) mass is 357 g/mol. The second kappa shape index (κ2) is 6.99. The summed E-state index contributed by atoms with van der Waals surface area (Å²) in [6.45, 7) is 2.72. The number of hydrogen-bond acceptors (Lipinski definition) is 4. The zero-order chi connectivity index (χ0) is 14.5. The number of halogens is 1. The Balaban J connectivity index is 2.09. The van der Waals surface area contributed by atoms with Crippen LogP contribution in [-0.4, -0.2) is 21.9 Å². The summed E-state index contributed by atoms with van der Waals surface area (Å²) < 4.78 is 7.79. The third kappa shape index (κ3) is 3.46. The normalized spacial score (nSPS) is 10.8. The molecule has 1 aromatic carbocycles. The van der Waals surface area contributed by atoms with Crippen molar-refractivity contribution < 1.29 is 4.74 Å². The molecule has 108 valence electrons. The van der Waals surface area contributed by atoms with E-state index in [0.29, 0.717) is 6.54 Å². The molecule has 0 aliphatic heterocycles. The minimum absolute atomic E-state index is 0.148. The summed E-state index contributed by atoms with van der Waals surface area (Å²) in [4.78, 5) is 11.6. The smallest absolute Gasteiger partial charge is 0.343 e. The highest BCUT2D eigenvalue weighted by atomic mass is 79.9. The summed E-state index contributed by atoms with van der Waals surface area (Å²) in [6, 6.07) is 5.94. The van der Waals surface area contributed by atoms with Crippen molar-refractivity contribution in [3.8, 4) is 5.75 Å².